The fraction of sp³-hybridized carbons (Fsp3) is 0.444. The van der Waals surface area contributed by atoms with Gasteiger partial charge in [0.15, 0.2) is 0 Å². The molecule has 6 rings (SSSR count). The van der Waals surface area contributed by atoms with Crippen molar-refractivity contribution in [2.75, 3.05) is 5.32 Å². The van der Waals surface area contributed by atoms with Gasteiger partial charge in [0.25, 0.3) is 0 Å². The minimum absolute atomic E-state index is 0.501. The van der Waals surface area contributed by atoms with Crippen molar-refractivity contribution in [2.45, 2.75) is 69.9 Å². The molecule has 2 aliphatic carbocycles. The molecule has 2 unspecified atom stereocenters. The normalized spacial score (nSPS) is 21.4. The molecule has 3 heterocycles. The molecule has 0 amide bonds. The first-order valence-electron chi connectivity index (χ1n) is 12.4. The lowest BCUT2D eigenvalue weighted by atomic mass is 9.97. The van der Waals surface area contributed by atoms with Gasteiger partial charge in [0.05, 0.1) is 10.9 Å². The van der Waals surface area contributed by atoms with Crippen LogP contribution in [-0.2, 0) is 6.42 Å². The van der Waals surface area contributed by atoms with Crippen LogP contribution in [0.1, 0.15) is 63.0 Å². The summed E-state index contributed by atoms with van der Waals surface area (Å²) in [7, 11) is 0. The van der Waals surface area contributed by atoms with Crippen molar-refractivity contribution in [2.24, 2.45) is 5.92 Å². The first-order valence-corrected chi connectivity index (χ1v) is 12.7. The van der Waals surface area contributed by atoms with Gasteiger partial charge in [0.1, 0.15) is 22.9 Å². The molecular weight excluding hydrogens is 430 g/mol. The Morgan fingerprint density at radius 3 is 2.79 bits per heavy atom. The number of fused-ring (bicyclic) bond motifs is 2. The van der Waals surface area contributed by atoms with Crippen LogP contribution in [0.15, 0.2) is 48.9 Å². The molecule has 33 heavy (non-hydrogen) atoms. The summed E-state index contributed by atoms with van der Waals surface area (Å²) in [5.41, 5.74) is 3.46. The number of pyridine rings is 1. The summed E-state index contributed by atoms with van der Waals surface area (Å²) < 4.78 is 2.31. The third-order valence-electron chi connectivity index (χ3n) is 7.67. The second kappa shape index (κ2) is 8.94. The van der Waals surface area contributed by atoms with Gasteiger partial charge in [-0.3, -0.25) is 0 Å². The molecule has 3 aromatic heterocycles. The minimum Gasteiger partial charge on any atom is -0.367 e. The smallest absolute Gasteiger partial charge is 0.145 e. The zero-order valence-corrected chi connectivity index (χ0v) is 19.6. The zero-order chi connectivity index (χ0) is 22.2. The average Bonchev–Trinajstić information content (AvgIpc) is 3.59. The maximum Gasteiger partial charge on any atom is 0.145 e. The van der Waals surface area contributed by atoms with Crippen molar-refractivity contribution >= 4 is 39.4 Å². The van der Waals surface area contributed by atoms with Gasteiger partial charge in [0, 0.05) is 23.7 Å². The molecule has 0 aliphatic heterocycles. The van der Waals surface area contributed by atoms with Crippen molar-refractivity contribution < 1.29 is 0 Å². The SMILES string of the molecule is Clc1ncnc2c1ccn2C1CCC(CCc2ccc3ccc(NC4CCCC4)nc3c2)C1. The summed E-state index contributed by atoms with van der Waals surface area (Å²) in [4.78, 5) is 13.5. The second-order valence-corrected chi connectivity index (χ2v) is 10.2. The Balaban J connectivity index is 1.11. The predicted octanol–water partition coefficient (Wildman–Crippen LogP) is 6.96. The van der Waals surface area contributed by atoms with Gasteiger partial charge in [-0.15, -0.1) is 0 Å². The molecule has 1 aromatic carbocycles. The minimum atomic E-state index is 0.501. The number of benzene rings is 1. The maximum atomic E-state index is 6.24. The molecule has 4 aromatic rings. The van der Waals surface area contributed by atoms with E-state index >= 15 is 0 Å². The van der Waals surface area contributed by atoms with Crippen molar-refractivity contribution in [1.82, 2.24) is 19.5 Å². The molecule has 0 radical (unpaired) electrons. The molecular formula is C27H30ClN5. The number of rotatable bonds is 6. The molecule has 0 saturated heterocycles. The van der Waals surface area contributed by atoms with E-state index in [2.05, 4.69) is 56.4 Å². The van der Waals surface area contributed by atoms with Crippen LogP contribution in [0.25, 0.3) is 21.9 Å². The lowest BCUT2D eigenvalue weighted by Gasteiger charge is -2.15. The van der Waals surface area contributed by atoms with Crippen LogP contribution in [0.3, 0.4) is 0 Å². The summed E-state index contributed by atoms with van der Waals surface area (Å²) in [6, 6.07) is 14.3. The molecule has 6 heteroatoms. The van der Waals surface area contributed by atoms with E-state index in [1.165, 1.54) is 62.3 Å². The van der Waals surface area contributed by atoms with Crippen molar-refractivity contribution in [3.63, 3.8) is 0 Å². The Morgan fingerprint density at radius 1 is 1.00 bits per heavy atom. The van der Waals surface area contributed by atoms with Crippen LogP contribution in [0, 0.1) is 5.92 Å². The van der Waals surface area contributed by atoms with Crippen LogP contribution in [0.5, 0.6) is 0 Å². The van der Waals surface area contributed by atoms with E-state index in [1.807, 2.05) is 6.07 Å². The molecule has 2 fully saturated rings. The Bertz CT molecular complexity index is 1280. The monoisotopic (exact) mass is 459 g/mol. The lowest BCUT2D eigenvalue weighted by Crippen LogP contribution is -2.15. The fourth-order valence-electron chi connectivity index (χ4n) is 5.85. The highest BCUT2D eigenvalue weighted by molar-refractivity contribution is 6.33. The van der Waals surface area contributed by atoms with Crippen molar-refractivity contribution in [3.8, 4) is 0 Å². The molecule has 170 valence electrons. The van der Waals surface area contributed by atoms with E-state index in [4.69, 9.17) is 16.6 Å². The summed E-state index contributed by atoms with van der Waals surface area (Å²) in [5.74, 6) is 1.76. The van der Waals surface area contributed by atoms with Crippen molar-refractivity contribution in [3.05, 3.63) is 59.6 Å². The zero-order valence-electron chi connectivity index (χ0n) is 18.9. The van der Waals surface area contributed by atoms with Gasteiger partial charge in [-0.25, -0.2) is 15.0 Å². The van der Waals surface area contributed by atoms with Crippen LogP contribution in [-0.4, -0.2) is 25.6 Å². The maximum absolute atomic E-state index is 6.24. The van der Waals surface area contributed by atoms with Crippen molar-refractivity contribution in [1.29, 1.82) is 0 Å². The lowest BCUT2D eigenvalue weighted by molar-refractivity contribution is 0.461. The molecule has 2 saturated carbocycles. The highest BCUT2D eigenvalue weighted by Crippen LogP contribution is 2.39. The standard InChI is InChI=1S/C27H30ClN5/c28-26-23-13-14-33(27(23)30-17-29-26)22-11-8-18(15-22)5-6-19-7-9-20-10-12-25(32-24(20)16-19)31-21-3-1-2-4-21/h7,9-10,12-14,16-18,21-22H,1-6,8,11,15H2,(H,31,32). The predicted molar refractivity (Wildman–Crippen MR) is 135 cm³/mol. The Hall–Kier alpha value is -2.66. The van der Waals surface area contributed by atoms with Crippen LogP contribution >= 0.6 is 11.6 Å². The third-order valence-corrected chi connectivity index (χ3v) is 7.97. The number of aryl methyl sites for hydroxylation is 1. The van der Waals surface area contributed by atoms with Crippen LogP contribution < -0.4 is 5.32 Å². The molecule has 0 bridgehead atoms. The molecule has 1 N–H and O–H groups in total. The highest BCUT2D eigenvalue weighted by atomic mass is 35.5. The number of hydrogen-bond acceptors (Lipinski definition) is 4. The van der Waals surface area contributed by atoms with E-state index in [1.54, 1.807) is 6.33 Å². The number of hydrogen-bond donors (Lipinski definition) is 1. The number of nitrogens with one attached hydrogen (secondary N) is 1. The first-order chi connectivity index (χ1) is 16.2. The quantitative estimate of drug-likeness (QED) is 0.316. The van der Waals surface area contributed by atoms with Crippen LogP contribution in [0.4, 0.5) is 5.82 Å². The van der Waals surface area contributed by atoms with E-state index in [9.17, 15) is 0 Å². The second-order valence-electron chi connectivity index (χ2n) is 9.85. The van der Waals surface area contributed by atoms with E-state index < -0.39 is 0 Å². The molecule has 2 atom stereocenters. The Kier molecular flexibility index (Phi) is 5.67. The van der Waals surface area contributed by atoms with Gasteiger partial charge in [0.2, 0.25) is 0 Å². The first kappa shape index (κ1) is 20.9. The van der Waals surface area contributed by atoms with E-state index in [0.717, 1.165) is 34.7 Å². The van der Waals surface area contributed by atoms with Gasteiger partial charge >= 0.3 is 0 Å². The average molecular weight is 460 g/mol. The van der Waals surface area contributed by atoms with Gasteiger partial charge in [-0.1, -0.05) is 36.6 Å². The summed E-state index contributed by atoms with van der Waals surface area (Å²) in [6.45, 7) is 0. The van der Waals surface area contributed by atoms with Gasteiger partial charge < -0.3 is 9.88 Å². The summed E-state index contributed by atoms with van der Waals surface area (Å²) >= 11 is 6.24. The number of halogens is 1. The number of anilines is 1. The van der Waals surface area contributed by atoms with Crippen LogP contribution in [0.2, 0.25) is 5.15 Å². The Morgan fingerprint density at radius 2 is 1.88 bits per heavy atom. The third kappa shape index (κ3) is 4.31. The fourth-order valence-corrected chi connectivity index (χ4v) is 6.04. The molecule has 5 nitrogen and oxygen atoms in total. The topological polar surface area (TPSA) is 55.6 Å². The van der Waals surface area contributed by atoms with Gasteiger partial charge in [-0.05, 0) is 80.7 Å². The van der Waals surface area contributed by atoms with E-state index in [-0.39, 0.29) is 0 Å². The molecule has 2 aliphatic rings. The molecule has 0 spiro atoms. The van der Waals surface area contributed by atoms with E-state index in [0.29, 0.717) is 17.2 Å². The Labute approximate surface area is 199 Å². The summed E-state index contributed by atoms with van der Waals surface area (Å²) in [6.07, 6.45) is 14.9. The summed E-state index contributed by atoms with van der Waals surface area (Å²) in [5, 5.41) is 6.35. The number of aromatic nitrogens is 4. The van der Waals surface area contributed by atoms with Gasteiger partial charge in [-0.2, -0.15) is 0 Å². The number of nitrogens with zero attached hydrogens (tertiary/aromatic N) is 4. The largest absolute Gasteiger partial charge is 0.367 e. The highest BCUT2D eigenvalue weighted by Gasteiger charge is 2.27.